The molecule has 3 rings (SSSR count). The van der Waals surface area contributed by atoms with Crippen molar-refractivity contribution in [3.05, 3.63) is 42.1 Å². The van der Waals surface area contributed by atoms with Gasteiger partial charge in [0, 0.05) is 18.8 Å². The third-order valence-corrected chi connectivity index (χ3v) is 3.45. The van der Waals surface area contributed by atoms with Crippen LogP contribution in [0, 0.1) is 0 Å². The van der Waals surface area contributed by atoms with Crippen molar-refractivity contribution < 1.29 is 14.2 Å². The van der Waals surface area contributed by atoms with Crippen LogP contribution in [0.3, 0.4) is 0 Å². The van der Waals surface area contributed by atoms with Gasteiger partial charge in [-0.1, -0.05) is 18.7 Å². The highest BCUT2D eigenvalue weighted by Crippen LogP contribution is 2.31. The third-order valence-electron chi connectivity index (χ3n) is 3.45. The third kappa shape index (κ3) is 2.96. The summed E-state index contributed by atoms with van der Waals surface area (Å²) in [7, 11) is 0. The first kappa shape index (κ1) is 13.1. The van der Waals surface area contributed by atoms with Crippen LogP contribution >= 0.6 is 0 Å². The van der Waals surface area contributed by atoms with Crippen LogP contribution in [0.1, 0.15) is 5.56 Å². The Kier molecular flexibility index (Phi) is 3.92. The molecular formula is C16H19NO3. The second kappa shape index (κ2) is 6.01. The first-order chi connectivity index (χ1) is 9.83. The maximum atomic E-state index is 5.58. The van der Waals surface area contributed by atoms with Crippen LogP contribution in [0.2, 0.25) is 0 Å². The topological polar surface area (TPSA) is 30.9 Å². The van der Waals surface area contributed by atoms with Crippen molar-refractivity contribution in [2.24, 2.45) is 0 Å². The summed E-state index contributed by atoms with van der Waals surface area (Å²) in [6.07, 6.45) is 4.09. The van der Waals surface area contributed by atoms with E-state index in [9.17, 15) is 0 Å². The van der Waals surface area contributed by atoms with E-state index in [4.69, 9.17) is 14.2 Å². The molecule has 0 aliphatic carbocycles. The number of morpholine rings is 1. The standard InChI is InChI=1S/C16H19NO3/c1-13(17-6-8-18-9-7-17)2-3-14-4-5-15-16(12-14)20-11-10-19-15/h2-5,12H,1,6-11H2/b3-2+. The number of hydrogen-bond acceptors (Lipinski definition) is 4. The maximum absolute atomic E-state index is 5.58. The first-order valence-corrected chi connectivity index (χ1v) is 6.92. The van der Waals surface area contributed by atoms with Crippen molar-refractivity contribution >= 4 is 6.08 Å². The van der Waals surface area contributed by atoms with Crippen molar-refractivity contribution in [2.45, 2.75) is 0 Å². The second-order valence-corrected chi connectivity index (χ2v) is 4.83. The molecule has 0 radical (unpaired) electrons. The van der Waals surface area contributed by atoms with Gasteiger partial charge in [0.05, 0.1) is 13.2 Å². The molecule has 0 saturated carbocycles. The minimum absolute atomic E-state index is 0.612. The molecule has 1 saturated heterocycles. The number of benzene rings is 1. The minimum Gasteiger partial charge on any atom is -0.486 e. The Labute approximate surface area is 119 Å². The van der Waals surface area contributed by atoms with Crippen molar-refractivity contribution in [1.29, 1.82) is 0 Å². The molecule has 1 aromatic carbocycles. The predicted octanol–water partition coefficient (Wildman–Crippen LogP) is 2.32. The zero-order chi connectivity index (χ0) is 13.8. The Morgan fingerprint density at radius 3 is 2.60 bits per heavy atom. The van der Waals surface area contributed by atoms with Gasteiger partial charge in [0.1, 0.15) is 13.2 Å². The zero-order valence-corrected chi connectivity index (χ0v) is 11.5. The minimum atomic E-state index is 0.612. The van der Waals surface area contributed by atoms with Crippen molar-refractivity contribution in [1.82, 2.24) is 4.90 Å². The van der Waals surface area contributed by atoms with Crippen LogP contribution in [0.4, 0.5) is 0 Å². The summed E-state index contributed by atoms with van der Waals surface area (Å²) in [5.74, 6) is 1.63. The largest absolute Gasteiger partial charge is 0.486 e. The molecule has 2 aliphatic heterocycles. The molecule has 0 bridgehead atoms. The molecule has 2 aliphatic rings. The summed E-state index contributed by atoms with van der Waals surface area (Å²) in [6.45, 7) is 8.70. The summed E-state index contributed by atoms with van der Waals surface area (Å²) in [4.78, 5) is 2.23. The van der Waals surface area contributed by atoms with E-state index in [2.05, 4.69) is 17.6 Å². The van der Waals surface area contributed by atoms with Crippen molar-refractivity contribution in [3.63, 3.8) is 0 Å². The zero-order valence-electron chi connectivity index (χ0n) is 11.5. The number of hydrogen-bond donors (Lipinski definition) is 0. The lowest BCUT2D eigenvalue weighted by atomic mass is 10.1. The molecule has 106 valence electrons. The van der Waals surface area contributed by atoms with E-state index in [-0.39, 0.29) is 0 Å². The molecule has 0 atom stereocenters. The Morgan fingerprint density at radius 1 is 1.05 bits per heavy atom. The van der Waals surface area contributed by atoms with E-state index in [0.717, 1.165) is 49.1 Å². The van der Waals surface area contributed by atoms with Crippen LogP contribution in [-0.2, 0) is 4.74 Å². The average molecular weight is 273 g/mol. The quantitative estimate of drug-likeness (QED) is 0.791. The summed E-state index contributed by atoms with van der Waals surface area (Å²) in [5.41, 5.74) is 2.10. The summed E-state index contributed by atoms with van der Waals surface area (Å²) < 4.78 is 16.4. The van der Waals surface area contributed by atoms with Crippen LogP contribution in [-0.4, -0.2) is 44.4 Å². The molecule has 0 amide bonds. The highest BCUT2D eigenvalue weighted by molar-refractivity contribution is 5.58. The van der Waals surface area contributed by atoms with E-state index in [1.165, 1.54) is 0 Å². The van der Waals surface area contributed by atoms with Gasteiger partial charge >= 0.3 is 0 Å². The SMILES string of the molecule is C=C(/C=C/c1ccc2c(c1)OCCO2)N1CCOCC1. The lowest BCUT2D eigenvalue weighted by Gasteiger charge is -2.29. The fourth-order valence-electron chi connectivity index (χ4n) is 2.31. The molecule has 1 fully saturated rings. The number of nitrogens with zero attached hydrogens (tertiary/aromatic N) is 1. The normalized spacial score (nSPS) is 18.3. The number of allylic oxidation sites excluding steroid dienone is 1. The summed E-state index contributed by atoms with van der Waals surface area (Å²) >= 11 is 0. The Morgan fingerprint density at radius 2 is 1.80 bits per heavy atom. The Bertz CT molecular complexity index is 518. The van der Waals surface area contributed by atoms with E-state index in [0.29, 0.717) is 13.2 Å². The number of rotatable bonds is 3. The summed E-state index contributed by atoms with van der Waals surface area (Å²) in [6, 6.07) is 5.97. The van der Waals surface area contributed by atoms with Crippen LogP contribution in [0.5, 0.6) is 11.5 Å². The van der Waals surface area contributed by atoms with Gasteiger partial charge in [0.2, 0.25) is 0 Å². The first-order valence-electron chi connectivity index (χ1n) is 6.92. The highest BCUT2D eigenvalue weighted by atomic mass is 16.6. The van der Waals surface area contributed by atoms with Gasteiger partial charge < -0.3 is 19.1 Å². The fraction of sp³-hybridized carbons (Fsp3) is 0.375. The van der Waals surface area contributed by atoms with Gasteiger partial charge in [0.25, 0.3) is 0 Å². The molecule has 4 heteroatoms. The highest BCUT2D eigenvalue weighted by Gasteiger charge is 2.12. The molecule has 1 aromatic rings. The second-order valence-electron chi connectivity index (χ2n) is 4.83. The predicted molar refractivity (Wildman–Crippen MR) is 78.0 cm³/mol. The van der Waals surface area contributed by atoms with Gasteiger partial charge in [0.15, 0.2) is 11.5 Å². The van der Waals surface area contributed by atoms with E-state index in [1.54, 1.807) is 0 Å². The number of fused-ring (bicyclic) bond motifs is 1. The van der Waals surface area contributed by atoms with Crippen LogP contribution in [0.15, 0.2) is 36.6 Å². The van der Waals surface area contributed by atoms with Gasteiger partial charge in [-0.15, -0.1) is 0 Å². The van der Waals surface area contributed by atoms with Gasteiger partial charge in [-0.05, 0) is 23.8 Å². The van der Waals surface area contributed by atoms with E-state index >= 15 is 0 Å². The molecule has 0 N–H and O–H groups in total. The van der Waals surface area contributed by atoms with Crippen LogP contribution in [0.25, 0.3) is 6.08 Å². The van der Waals surface area contributed by atoms with E-state index < -0.39 is 0 Å². The molecule has 0 aromatic heterocycles. The smallest absolute Gasteiger partial charge is 0.161 e. The Balaban J connectivity index is 1.67. The molecule has 0 unspecified atom stereocenters. The molecule has 4 nitrogen and oxygen atoms in total. The van der Waals surface area contributed by atoms with Crippen LogP contribution < -0.4 is 9.47 Å². The van der Waals surface area contributed by atoms with E-state index in [1.807, 2.05) is 24.3 Å². The van der Waals surface area contributed by atoms with Crippen molar-refractivity contribution in [2.75, 3.05) is 39.5 Å². The fourth-order valence-corrected chi connectivity index (χ4v) is 2.31. The maximum Gasteiger partial charge on any atom is 0.161 e. The van der Waals surface area contributed by atoms with Gasteiger partial charge in [-0.2, -0.15) is 0 Å². The average Bonchev–Trinajstić information content (AvgIpc) is 2.53. The molecule has 2 heterocycles. The summed E-state index contributed by atoms with van der Waals surface area (Å²) in [5, 5.41) is 0. The molecule has 0 spiro atoms. The lowest BCUT2D eigenvalue weighted by molar-refractivity contribution is 0.0556. The Hall–Kier alpha value is -1.94. The monoisotopic (exact) mass is 273 g/mol. The number of ether oxygens (including phenoxy) is 3. The molecule has 20 heavy (non-hydrogen) atoms. The van der Waals surface area contributed by atoms with Gasteiger partial charge in [-0.3, -0.25) is 0 Å². The lowest BCUT2D eigenvalue weighted by Crippen LogP contribution is -2.34. The molecular weight excluding hydrogens is 254 g/mol. The van der Waals surface area contributed by atoms with Crippen molar-refractivity contribution in [3.8, 4) is 11.5 Å². The van der Waals surface area contributed by atoms with Gasteiger partial charge in [-0.25, -0.2) is 0 Å².